The van der Waals surface area contributed by atoms with E-state index in [1.807, 2.05) is 0 Å². The highest BCUT2D eigenvalue weighted by Gasteiger charge is 2.37. The minimum absolute atomic E-state index is 0.110. The number of aromatic nitrogens is 2. The molecule has 1 saturated heterocycles. The van der Waals surface area contributed by atoms with E-state index in [1.165, 1.54) is 10.9 Å². The van der Waals surface area contributed by atoms with Gasteiger partial charge in [0.2, 0.25) is 0 Å². The predicted molar refractivity (Wildman–Crippen MR) is 66.7 cm³/mol. The van der Waals surface area contributed by atoms with E-state index in [4.69, 9.17) is 0 Å². The van der Waals surface area contributed by atoms with Gasteiger partial charge in [-0.15, -0.1) is 0 Å². The molecule has 2 rings (SSSR count). The molecule has 0 spiro atoms. The van der Waals surface area contributed by atoms with Crippen LogP contribution >= 0.6 is 15.9 Å². The van der Waals surface area contributed by atoms with Gasteiger partial charge in [0, 0.05) is 7.05 Å². The molecule has 0 saturated carbocycles. The summed E-state index contributed by atoms with van der Waals surface area (Å²) < 4.78 is 25.7. The monoisotopic (exact) mass is 320 g/mol. The molecule has 0 amide bonds. The summed E-state index contributed by atoms with van der Waals surface area (Å²) in [6.45, 7) is 0. The van der Waals surface area contributed by atoms with Crippen LogP contribution in [-0.4, -0.2) is 35.0 Å². The van der Waals surface area contributed by atoms with Crippen LogP contribution in [0.2, 0.25) is 0 Å². The lowest BCUT2D eigenvalue weighted by molar-refractivity contribution is 0.0971. The molecular formula is C10H13BrN2O3S. The molecule has 1 fully saturated rings. The SMILES string of the molecule is Cn1ncc(Br)c1C(=O)C1CCCCS1(=O)=O. The Morgan fingerprint density at radius 3 is 2.76 bits per heavy atom. The number of aryl methyl sites for hydroxylation is 1. The van der Waals surface area contributed by atoms with Crippen molar-refractivity contribution in [1.29, 1.82) is 0 Å². The van der Waals surface area contributed by atoms with Crippen molar-refractivity contribution < 1.29 is 13.2 Å². The van der Waals surface area contributed by atoms with Gasteiger partial charge in [-0.2, -0.15) is 5.10 Å². The Labute approximate surface area is 108 Å². The van der Waals surface area contributed by atoms with E-state index < -0.39 is 15.1 Å². The molecule has 1 aromatic rings. The smallest absolute Gasteiger partial charge is 0.200 e. The number of ketones is 1. The zero-order valence-electron chi connectivity index (χ0n) is 9.39. The Kier molecular flexibility index (Phi) is 3.40. The molecule has 0 bridgehead atoms. The Morgan fingerprint density at radius 2 is 2.24 bits per heavy atom. The van der Waals surface area contributed by atoms with Crippen LogP contribution < -0.4 is 0 Å². The number of hydrogen-bond donors (Lipinski definition) is 0. The number of carbonyl (C=O) groups excluding carboxylic acids is 1. The highest BCUT2D eigenvalue weighted by atomic mass is 79.9. The predicted octanol–water partition coefficient (Wildman–Crippen LogP) is 1.33. The van der Waals surface area contributed by atoms with Crippen molar-refractivity contribution in [1.82, 2.24) is 9.78 Å². The summed E-state index contributed by atoms with van der Waals surface area (Å²) in [6, 6.07) is 0. The maximum atomic E-state index is 12.2. The van der Waals surface area contributed by atoms with Gasteiger partial charge in [-0.3, -0.25) is 9.48 Å². The molecule has 1 unspecified atom stereocenters. The van der Waals surface area contributed by atoms with E-state index >= 15 is 0 Å². The van der Waals surface area contributed by atoms with Crippen LogP contribution in [0.3, 0.4) is 0 Å². The fourth-order valence-corrected chi connectivity index (χ4v) is 4.49. The number of sulfone groups is 1. The maximum Gasteiger partial charge on any atom is 0.200 e. The van der Waals surface area contributed by atoms with Crippen molar-refractivity contribution in [2.45, 2.75) is 24.5 Å². The number of nitrogens with zero attached hydrogens (tertiary/aromatic N) is 2. The minimum Gasteiger partial charge on any atom is -0.291 e. The lowest BCUT2D eigenvalue weighted by Gasteiger charge is -2.21. The van der Waals surface area contributed by atoms with Gasteiger partial charge in [-0.1, -0.05) is 6.42 Å². The Hall–Kier alpha value is -0.690. The van der Waals surface area contributed by atoms with E-state index in [-0.39, 0.29) is 11.5 Å². The number of hydrogen-bond acceptors (Lipinski definition) is 4. The second-order valence-electron chi connectivity index (χ2n) is 4.18. The Morgan fingerprint density at radius 1 is 1.53 bits per heavy atom. The standard InChI is InChI=1S/C10H13BrN2O3S/c1-13-9(7(11)6-12-13)10(14)8-4-2-3-5-17(8,15)16/h6,8H,2-5H2,1H3. The van der Waals surface area contributed by atoms with Gasteiger partial charge in [-0.25, -0.2) is 8.42 Å². The molecule has 1 aromatic heterocycles. The normalized spacial score (nSPS) is 23.5. The van der Waals surface area contributed by atoms with Gasteiger partial charge < -0.3 is 0 Å². The maximum absolute atomic E-state index is 12.2. The van der Waals surface area contributed by atoms with E-state index in [0.29, 0.717) is 23.0 Å². The molecule has 1 aliphatic heterocycles. The van der Waals surface area contributed by atoms with E-state index in [0.717, 1.165) is 6.42 Å². The first-order chi connectivity index (χ1) is 7.93. The van der Waals surface area contributed by atoms with Crippen LogP contribution in [0.4, 0.5) is 0 Å². The average Bonchev–Trinajstić information content (AvgIpc) is 2.57. The number of Topliss-reactive ketones (excluding diaryl/α,β-unsaturated/α-hetero) is 1. The quantitative estimate of drug-likeness (QED) is 0.771. The molecule has 7 heteroatoms. The third-order valence-corrected chi connectivity index (χ3v) is 5.75. The summed E-state index contributed by atoms with van der Waals surface area (Å²) in [6.07, 6.45) is 3.35. The Bertz CT molecular complexity index is 530. The van der Waals surface area contributed by atoms with E-state index in [2.05, 4.69) is 21.0 Å². The molecule has 0 aromatic carbocycles. The second-order valence-corrected chi connectivity index (χ2v) is 7.34. The van der Waals surface area contributed by atoms with Crippen molar-refractivity contribution >= 4 is 31.6 Å². The van der Waals surface area contributed by atoms with E-state index in [1.54, 1.807) is 7.05 Å². The highest BCUT2D eigenvalue weighted by Crippen LogP contribution is 2.25. The summed E-state index contributed by atoms with van der Waals surface area (Å²) in [7, 11) is -1.66. The van der Waals surface area contributed by atoms with E-state index in [9.17, 15) is 13.2 Å². The fraction of sp³-hybridized carbons (Fsp3) is 0.600. The first-order valence-corrected chi connectivity index (χ1v) is 7.87. The van der Waals surface area contributed by atoms with Crippen LogP contribution in [0, 0.1) is 0 Å². The number of rotatable bonds is 2. The number of carbonyl (C=O) groups is 1. The van der Waals surface area contributed by atoms with Crippen molar-refractivity contribution in [3.05, 3.63) is 16.4 Å². The molecule has 5 nitrogen and oxygen atoms in total. The third kappa shape index (κ3) is 2.30. The molecule has 17 heavy (non-hydrogen) atoms. The summed E-state index contributed by atoms with van der Waals surface area (Å²) in [4.78, 5) is 12.2. The van der Waals surface area contributed by atoms with Crippen LogP contribution in [0.5, 0.6) is 0 Å². The van der Waals surface area contributed by atoms with Gasteiger partial charge >= 0.3 is 0 Å². The molecule has 1 atom stereocenters. The van der Waals surface area contributed by atoms with Gasteiger partial charge in [0.25, 0.3) is 0 Å². The van der Waals surface area contributed by atoms with Crippen LogP contribution in [0.25, 0.3) is 0 Å². The average molecular weight is 321 g/mol. The zero-order chi connectivity index (χ0) is 12.6. The minimum atomic E-state index is -3.29. The van der Waals surface area contributed by atoms with Crippen molar-refractivity contribution in [2.75, 3.05) is 5.75 Å². The van der Waals surface area contributed by atoms with Gasteiger partial charge in [0.1, 0.15) is 10.9 Å². The largest absolute Gasteiger partial charge is 0.291 e. The topological polar surface area (TPSA) is 69.0 Å². The van der Waals surface area contributed by atoms with Gasteiger partial charge in [0.15, 0.2) is 15.6 Å². The lowest BCUT2D eigenvalue weighted by atomic mass is 10.1. The fourth-order valence-electron chi connectivity index (χ4n) is 2.09. The number of halogens is 1. The zero-order valence-corrected chi connectivity index (χ0v) is 11.8. The van der Waals surface area contributed by atoms with Gasteiger partial charge in [-0.05, 0) is 28.8 Å². The van der Waals surface area contributed by atoms with Crippen LogP contribution in [0.15, 0.2) is 10.7 Å². The van der Waals surface area contributed by atoms with Crippen molar-refractivity contribution in [3.8, 4) is 0 Å². The summed E-state index contributed by atoms with van der Waals surface area (Å²) >= 11 is 3.22. The first kappa shape index (κ1) is 12.8. The molecule has 1 aliphatic rings. The molecule has 0 N–H and O–H groups in total. The molecule has 0 aliphatic carbocycles. The molecular weight excluding hydrogens is 308 g/mol. The molecule has 0 radical (unpaired) electrons. The van der Waals surface area contributed by atoms with Crippen molar-refractivity contribution in [2.24, 2.45) is 7.05 Å². The van der Waals surface area contributed by atoms with Crippen molar-refractivity contribution in [3.63, 3.8) is 0 Å². The Balaban J connectivity index is 2.38. The molecule has 94 valence electrons. The lowest BCUT2D eigenvalue weighted by Crippen LogP contribution is -2.36. The second kappa shape index (κ2) is 4.53. The first-order valence-electron chi connectivity index (χ1n) is 5.37. The summed E-state index contributed by atoms with van der Waals surface area (Å²) in [5.41, 5.74) is 0.334. The summed E-state index contributed by atoms with van der Waals surface area (Å²) in [5, 5.41) is 3.03. The van der Waals surface area contributed by atoms with Crippen LogP contribution in [0.1, 0.15) is 29.8 Å². The highest BCUT2D eigenvalue weighted by molar-refractivity contribution is 9.10. The third-order valence-electron chi connectivity index (χ3n) is 3.00. The van der Waals surface area contributed by atoms with Gasteiger partial charge in [0.05, 0.1) is 16.4 Å². The summed E-state index contributed by atoms with van der Waals surface area (Å²) in [5.74, 6) is -0.240. The molecule has 2 heterocycles. The van der Waals surface area contributed by atoms with Crippen LogP contribution in [-0.2, 0) is 16.9 Å².